The molecule has 1 aromatic carbocycles. The SMILES string of the molecule is CC(Cc1cccs1)NC(=O)c1cccc2c1CCCN2.Cl. The zero-order valence-electron chi connectivity index (χ0n) is 12.6. The van der Waals surface area contributed by atoms with Crippen molar-refractivity contribution in [3.63, 3.8) is 0 Å². The van der Waals surface area contributed by atoms with Crippen molar-refractivity contribution in [1.29, 1.82) is 0 Å². The Hall–Kier alpha value is -1.52. The number of benzene rings is 1. The molecule has 1 atom stereocenters. The van der Waals surface area contributed by atoms with Crippen molar-refractivity contribution in [2.75, 3.05) is 11.9 Å². The molecule has 0 saturated carbocycles. The normalized spacial score (nSPS) is 14.2. The fourth-order valence-corrected chi connectivity index (χ4v) is 3.64. The molecular weight excluding hydrogens is 316 g/mol. The van der Waals surface area contributed by atoms with Crippen molar-refractivity contribution in [2.45, 2.75) is 32.2 Å². The highest BCUT2D eigenvalue weighted by Gasteiger charge is 2.18. The van der Waals surface area contributed by atoms with Gasteiger partial charge in [-0.2, -0.15) is 0 Å². The minimum Gasteiger partial charge on any atom is -0.385 e. The predicted molar refractivity (Wildman–Crippen MR) is 95.5 cm³/mol. The van der Waals surface area contributed by atoms with E-state index in [1.54, 1.807) is 11.3 Å². The third-order valence-electron chi connectivity index (χ3n) is 3.80. The van der Waals surface area contributed by atoms with Crippen LogP contribution in [0.15, 0.2) is 35.7 Å². The Morgan fingerprint density at radius 1 is 1.36 bits per heavy atom. The number of halogens is 1. The van der Waals surface area contributed by atoms with Gasteiger partial charge in [0.2, 0.25) is 0 Å². The van der Waals surface area contributed by atoms with Crippen LogP contribution in [-0.2, 0) is 12.8 Å². The maximum atomic E-state index is 12.5. The molecule has 1 aromatic heterocycles. The van der Waals surface area contributed by atoms with Crippen LogP contribution < -0.4 is 10.6 Å². The molecule has 2 N–H and O–H groups in total. The molecular formula is C17H21ClN2OS. The van der Waals surface area contributed by atoms with E-state index in [0.29, 0.717) is 0 Å². The average molecular weight is 337 g/mol. The Labute approximate surface area is 141 Å². The van der Waals surface area contributed by atoms with Crippen LogP contribution in [0.3, 0.4) is 0 Å². The summed E-state index contributed by atoms with van der Waals surface area (Å²) in [5.41, 5.74) is 3.09. The molecule has 5 heteroatoms. The first-order valence-corrected chi connectivity index (χ1v) is 8.31. The van der Waals surface area contributed by atoms with Crippen molar-refractivity contribution < 1.29 is 4.79 Å². The van der Waals surface area contributed by atoms with Gasteiger partial charge in [0.25, 0.3) is 5.91 Å². The Kier molecular flexibility index (Phi) is 5.86. The summed E-state index contributed by atoms with van der Waals surface area (Å²) in [6.07, 6.45) is 2.95. The van der Waals surface area contributed by atoms with E-state index >= 15 is 0 Å². The van der Waals surface area contributed by atoms with E-state index in [9.17, 15) is 4.79 Å². The third-order valence-corrected chi connectivity index (χ3v) is 4.70. The maximum absolute atomic E-state index is 12.5. The minimum atomic E-state index is 0. The van der Waals surface area contributed by atoms with Gasteiger partial charge in [-0.3, -0.25) is 4.79 Å². The first kappa shape index (κ1) is 16.8. The number of hydrogen-bond donors (Lipinski definition) is 2. The number of thiophene rings is 1. The van der Waals surface area contributed by atoms with Crippen LogP contribution in [0.4, 0.5) is 5.69 Å². The maximum Gasteiger partial charge on any atom is 0.251 e. The quantitative estimate of drug-likeness (QED) is 0.889. The first-order chi connectivity index (χ1) is 10.2. The topological polar surface area (TPSA) is 41.1 Å². The number of carbonyl (C=O) groups is 1. The monoisotopic (exact) mass is 336 g/mol. The van der Waals surface area contributed by atoms with E-state index < -0.39 is 0 Å². The zero-order valence-corrected chi connectivity index (χ0v) is 14.2. The van der Waals surface area contributed by atoms with Gasteiger partial charge < -0.3 is 10.6 Å². The summed E-state index contributed by atoms with van der Waals surface area (Å²) in [7, 11) is 0. The van der Waals surface area contributed by atoms with E-state index in [2.05, 4.69) is 35.1 Å². The second-order valence-electron chi connectivity index (χ2n) is 5.52. The Morgan fingerprint density at radius 2 is 2.23 bits per heavy atom. The van der Waals surface area contributed by atoms with Crippen LogP contribution in [0, 0.1) is 0 Å². The molecule has 1 aliphatic rings. The molecule has 1 aliphatic heterocycles. The smallest absolute Gasteiger partial charge is 0.251 e. The number of carbonyl (C=O) groups excluding carboxylic acids is 1. The molecule has 0 aliphatic carbocycles. The molecule has 2 aromatic rings. The molecule has 0 saturated heterocycles. The average Bonchev–Trinajstić information content (AvgIpc) is 2.99. The van der Waals surface area contributed by atoms with Crippen molar-refractivity contribution >= 4 is 35.3 Å². The summed E-state index contributed by atoms with van der Waals surface area (Å²) >= 11 is 1.74. The standard InChI is InChI=1S/C17H20N2OS.ClH/c1-12(11-13-5-4-10-21-13)19-17(20)15-6-2-8-16-14(15)7-3-9-18-16;/h2,4-6,8,10,12,18H,3,7,9,11H2,1H3,(H,19,20);1H. The highest BCUT2D eigenvalue weighted by Crippen LogP contribution is 2.25. The van der Waals surface area contributed by atoms with E-state index in [0.717, 1.165) is 42.6 Å². The molecule has 3 nitrogen and oxygen atoms in total. The summed E-state index contributed by atoms with van der Waals surface area (Å²) in [6.45, 7) is 3.05. The number of hydrogen-bond acceptors (Lipinski definition) is 3. The summed E-state index contributed by atoms with van der Waals surface area (Å²) < 4.78 is 0. The number of rotatable bonds is 4. The molecule has 0 spiro atoms. The summed E-state index contributed by atoms with van der Waals surface area (Å²) in [5.74, 6) is 0.0413. The molecule has 3 rings (SSSR count). The number of anilines is 1. The lowest BCUT2D eigenvalue weighted by molar-refractivity contribution is 0.0939. The Morgan fingerprint density at radius 3 is 3.00 bits per heavy atom. The zero-order chi connectivity index (χ0) is 14.7. The van der Waals surface area contributed by atoms with Gasteiger partial charge in [0, 0.05) is 35.1 Å². The van der Waals surface area contributed by atoms with E-state index in [1.807, 2.05) is 18.2 Å². The number of nitrogens with one attached hydrogen (secondary N) is 2. The fraction of sp³-hybridized carbons (Fsp3) is 0.353. The van der Waals surface area contributed by atoms with Gasteiger partial charge >= 0.3 is 0 Å². The second kappa shape index (κ2) is 7.65. The summed E-state index contributed by atoms with van der Waals surface area (Å²) in [5, 5.41) is 8.57. The van der Waals surface area contributed by atoms with Crippen LogP contribution >= 0.6 is 23.7 Å². The Balaban J connectivity index is 0.00000176. The molecule has 0 fully saturated rings. The van der Waals surface area contributed by atoms with Crippen LogP contribution in [0.5, 0.6) is 0 Å². The van der Waals surface area contributed by atoms with Gasteiger partial charge in [-0.1, -0.05) is 12.1 Å². The van der Waals surface area contributed by atoms with Gasteiger partial charge in [0.05, 0.1) is 0 Å². The lowest BCUT2D eigenvalue weighted by Gasteiger charge is -2.21. The number of fused-ring (bicyclic) bond motifs is 1. The molecule has 0 radical (unpaired) electrons. The van der Waals surface area contributed by atoms with Gasteiger partial charge in [0.15, 0.2) is 0 Å². The highest BCUT2D eigenvalue weighted by atomic mass is 35.5. The van der Waals surface area contributed by atoms with Crippen LogP contribution in [0.25, 0.3) is 0 Å². The third kappa shape index (κ3) is 3.81. The molecule has 22 heavy (non-hydrogen) atoms. The first-order valence-electron chi connectivity index (χ1n) is 7.43. The second-order valence-corrected chi connectivity index (χ2v) is 6.55. The van der Waals surface area contributed by atoms with Gasteiger partial charge in [0.1, 0.15) is 0 Å². The lowest BCUT2D eigenvalue weighted by atomic mass is 9.97. The van der Waals surface area contributed by atoms with Gasteiger partial charge in [-0.05, 0) is 48.9 Å². The van der Waals surface area contributed by atoms with Crippen molar-refractivity contribution in [3.05, 3.63) is 51.7 Å². The summed E-state index contributed by atoms with van der Waals surface area (Å²) in [4.78, 5) is 13.8. The molecule has 118 valence electrons. The lowest BCUT2D eigenvalue weighted by Crippen LogP contribution is -2.34. The predicted octanol–water partition coefficient (Wildman–Crippen LogP) is 3.89. The minimum absolute atomic E-state index is 0. The van der Waals surface area contributed by atoms with Crippen molar-refractivity contribution in [1.82, 2.24) is 5.32 Å². The fourth-order valence-electron chi connectivity index (χ4n) is 2.81. The number of amides is 1. The van der Waals surface area contributed by atoms with E-state index in [1.165, 1.54) is 4.88 Å². The van der Waals surface area contributed by atoms with Crippen molar-refractivity contribution in [3.8, 4) is 0 Å². The molecule has 1 unspecified atom stereocenters. The highest BCUT2D eigenvalue weighted by molar-refractivity contribution is 7.09. The van der Waals surface area contributed by atoms with Gasteiger partial charge in [-0.15, -0.1) is 23.7 Å². The molecule has 2 heterocycles. The van der Waals surface area contributed by atoms with Crippen molar-refractivity contribution in [2.24, 2.45) is 0 Å². The Bertz CT molecular complexity index is 628. The van der Waals surface area contributed by atoms with Crippen LogP contribution in [0.1, 0.15) is 34.1 Å². The molecule has 1 amide bonds. The van der Waals surface area contributed by atoms with Crippen LogP contribution in [-0.4, -0.2) is 18.5 Å². The van der Waals surface area contributed by atoms with Gasteiger partial charge in [-0.25, -0.2) is 0 Å². The molecule has 0 bridgehead atoms. The van der Waals surface area contributed by atoms with Crippen LogP contribution in [0.2, 0.25) is 0 Å². The van der Waals surface area contributed by atoms with E-state index in [4.69, 9.17) is 0 Å². The summed E-state index contributed by atoms with van der Waals surface area (Å²) in [6, 6.07) is 10.2. The largest absolute Gasteiger partial charge is 0.385 e. The van der Waals surface area contributed by atoms with E-state index in [-0.39, 0.29) is 24.4 Å².